The zero-order valence-corrected chi connectivity index (χ0v) is 16.6. The molecule has 2 aromatic carbocycles. The summed E-state index contributed by atoms with van der Waals surface area (Å²) in [7, 11) is 0. The number of rotatable bonds is 5. The SMILES string of the molecule is Cc1ccccc1O[C@@H](C)C(=O)Nc1ccccc1C(=O)N1CCCCCC1. The molecule has 0 radical (unpaired) electrons. The van der Waals surface area contributed by atoms with Gasteiger partial charge in [0.15, 0.2) is 6.10 Å². The van der Waals surface area contributed by atoms with Crippen LogP contribution in [0.15, 0.2) is 48.5 Å². The molecule has 2 amide bonds. The summed E-state index contributed by atoms with van der Waals surface area (Å²) in [6, 6.07) is 14.8. The molecule has 0 bridgehead atoms. The fourth-order valence-corrected chi connectivity index (χ4v) is 3.39. The Balaban J connectivity index is 1.71. The van der Waals surface area contributed by atoms with E-state index in [0.717, 1.165) is 44.3 Å². The molecule has 0 saturated carbocycles. The van der Waals surface area contributed by atoms with Gasteiger partial charge in [-0.3, -0.25) is 9.59 Å². The highest BCUT2D eigenvalue weighted by Crippen LogP contribution is 2.22. The fraction of sp³-hybridized carbons (Fsp3) is 0.391. The first-order valence-electron chi connectivity index (χ1n) is 9.97. The molecular formula is C23H28N2O3. The van der Waals surface area contributed by atoms with Crippen molar-refractivity contribution in [1.29, 1.82) is 0 Å². The van der Waals surface area contributed by atoms with E-state index >= 15 is 0 Å². The normalized spacial score (nSPS) is 15.4. The summed E-state index contributed by atoms with van der Waals surface area (Å²) in [6.45, 7) is 5.19. The van der Waals surface area contributed by atoms with Gasteiger partial charge in [-0.15, -0.1) is 0 Å². The number of carbonyl (C=O) groups is 2. The van der Waals surface area contributed by atoms with Crippen LogP contribution in [-0.2, 0) is 4.79 Å². The van der Waals surface area contributed by atoms with Crippen molar-refractivity contribution in [2.24, 2.45) is 0 Å². The van der Waals surface area contributed by atoms with Crippen molar-refractivity contribution in [3.63, 3.8) is 0 Å². The third kappa shape index (κ3) is 4.91. The van der Waals surface area contributed by atoms with E-state index in [1.54, 1.807) is 19.1 Å². The Morgan fingerprint density at radius 2 is 1.61 bits per heavy atom. The maximum absolute atomic E-state index is 13.0. The van der Waals surface area contributed by atoms with E-state index in [-0.39, 0.29) is 11.8 Å². The Kier molecular flexibility index (Phi) is 6.69. The van der Waals surface area contributed by atoms with Crippen molar-refractivity contribution in [3.05, 3.63) is 59.7 Å². The van der Waals surface area contributed by atoms with Gasteiger partial charge in [0, 0.05) is 13.1 Å². The molecule has 5 heteroatoms. The number of likely N-dealkylation sites (tertiary alicyclic amines) is 1. The third-order valence-corrected chi connectivity index (χ3v) is 5.08. The fourth-order valence-electron chi connectivity index (χ4n) is 3.39. The van der Waals surface area contributed by atoms with Gasteiger partial charge in [-0.1, -0.05) is 43.2 Å². The summed E-state index contributed by atoms with van der Waals surface area (Å²) in [6.07, 6.45) is 3.71. The van der Waals surface area contributed by atoms with Gasteiger partial charge >= 0.3 is 0 Å². The van der Waals surface area contributed by atoms with E-state index in [1.165, 1.54) is 0 Å². The average Bonchev–Trinajstić information content (AvgIpc) is 2.99. The van der Waals surface area contributed by atoms with Crippen LogP contribution in [0.3, 0.4) is 0 Å². The maximum Gasteiger partial charge on any atom is 0.265 e. The van der Waals surface area contributed by atoms with Crippen LogP contribution < -0.4 is 10.1 Å². The molecule has 0 spiro atoms. The smallest absolute Gasteiger partial charge is 0.265 e. The maximum atomic E-state index is 13.0. The molecular weight excluding hydrogens is 352 g/mol. The number of anilines is 1. The minimum absolute atomic E-state index is 0.0229. The van der Waals surface area contributed by atoms with Gasteiger partial charge in [0.05, 0.1) is 11.3 Å². The van der Waals surface area contributed by atoms with E-state index in [4.69, 9.17) is 4.74 Å². The number of benzene rings is 2. The molecule has 28 heavy (non-hydrogen) atoms. The topological polar surface area (TPSA) is 58.6 Å². The molecule has 3 rings (SSSR count). The molecule has 2 aromatic rings. The molecule has 0 unspecified atom stereocenters. The van der Waals surface area contributed by atoms with Crippen LogP contribution in [0.5, 0.6) is 5.75 Å². The summed E-state index contributed by atoms with van der Waals surface area (Å²) in [5.41, 5.74) is 2.03. The van der Waals surface area contributed by atoms with Gasteiger partial charge in [-0.25, -0.2) is 0 Å². The predicted molar refractivity (Wildman–Crippen MR) is 111 cm³/mol. The highest BCUT2D eigenvalue weighted by Gasteiger charge is 2.22. The summed E-state index contributed by atoms with van der Waals surface area (Å²) in [5.74, 6) is 0.378. The average molecular weight is 380 g/mol. The minimum Gasteiger partial charge on any atom is -0.481 e. The molecule has 1 N–H and O–H groups in total. The first kappa shape index (κ1) is 19.9. The Labute approximate surface area is 166 Å². The summed E-state index contributed by atoms with van der Waals surface area (Å²) < 4.78 is 5.80. The molecule has 148 valence electrons. The molecule has 0 aliphatic carbocycles. The van der Waals surface area contributed by atoms with Crippen LogP contribution in [0.1, 0.15) is 48.5 Å². The van der Waals surface area contributed by atoms with Gasteiger partial charge in [0.1, 0.15) is 5.75 Å². The molecule has 1 fully saturated rings. The highest BCUT2D eigenvalue weighted by molar-refractivity contribution is 6.04. The molecule has 5 nitrogen and oxygen atoms in total. The largest absolute Gasteiger partial charge is 0.481 e. The lowest BCUT2D eigenvalue weighted by Crippen LogP contribution is -2.34. The van der Waals surface area contributed by atoms with Crippen molar-refractivity contribution in [2.75, 3.05) is 18.4 Å². The Morgan fingerprint density at radius 1 is 0.964 bits per heavy atom. The third-order valence-electron chi connectivity index (χ3n) is 5.08. The number of aryl methyl sites for hydroxylation is 1. The Morgan fingerprint density at radius 3 is 2.32 bits per heavy atom. The molecule has 1 atom stereocenters. The first-order valence-corrected chi connectivity index (χ1v) is 9.97. The van der Waals surface area contributed by atoms with Gasteiger partial charge in [0.2, 0.25) is 0 Å². The number of carbonyl (C=O) groups excluding carboxylic acids is 2. The number of ether oxygens (including phenoxy) is 1. The van der Waals surface area contributed by atoms with Gasteiger partial charge in [-0.2, -0.15) is 0 Å². The van der Waals surface area contributed by atoms with Crippen LogP contribution in [0, 0.1) is 6.92 Å². The zero-order valence-electron chi connectivity index (χ0n) is 16.6. The number of nitrogens with zero attached hydrogens (tertiary/aromatic N) is 1. The Hall–Kier alpha value is -2.82. The van der Waals surface area contributed by atoms with E-state index in [1.807, 2.05) is 48.2 Å². The lowest BCUT2D eigenvalue weighted by Gasteiger charge is -2.22. The second-order valence-corrected chi connectivity index (χ2v) is 7.27. The van der Waals surface area contributed by atoms with E-state index < -0.39 is 6.10 Å². The van der Waals surface area contributed by atoms with Crippen molar-refractivity contribution < 1.29 is 14.3 Å². The van der Waals surface area contributed by atoms with E-state index in [0.29, 0.717) is 17.0 Å². The standard InChI is InChI=1S/C23H28N2O3/c1-17-11-5-8-14-21(17)28-18(2)22(26)24-20-13-7-6-12-19(20)23(27)25-15-9-3-4-10-16-25/h5-8,11-14,18H,3-4,9-10,15-16H2,1-2H3,(H,24,26)/t18-/m0/s1. The van der Waals surface area contributed by atoms with Crippen molar-refractivity contribution in [1.82, 2.24) is 4.90 Å². The monoisotopic (exact) mass is 380 g/mol. The quantitative estimate of drug-likeness (QED) is 0.835. The molecule has 0 aromatic heterocycles. The first-order chi connectivity index (χ1) is 13.6. The lowest BCUT2D eigenvalue weighted by molar-refractivity contribution is -0.122. The second kappa shape index (κ2) is 9.40. The van der Waals surface area contributed by atoms with Crippen LogP contribution >= 0.6 is 0 Å². The van der Waals surface area contributed by atoms with Crippen LogP contribution in [-0.4, -0.2) is 35.9 Å². The van der Waals surface area contributed by atoms with Crippen molar-refractivity contribution >= 4 is 17.5 Å². The minimum atomic E-state index is -0.678. The summed E-state index contributed by atoms with van der Waals surface area (Å²) in [5, 5.41) is 2.87. The molecule has 1 saturated heterocycles. The lowest BCUT2D eigenvalue weighted by atomic mass is 10.1. The zero-order chi connectivity index (χ0) is 19.9. The molecule has 1 aliphatic heterocycles. The summed E-state index contributed by atoms with van der Waals surface area (Å²) in [4.78, 5) is 27.6. The van der Waals surface area contributed by atoms with Crippen LogP contribution in [0.25, 0.3) is 0 Å². The van der Waals surface area contributed by atoms with Crippen LogP contribution in [0.2, 0.25) is 0 Å². The molecule has 1 heterocycles. The second-order valence-electron chi connectivity index (χ2n) is 7.27. The van der Waals surface area contributed by atoms with Gasteiger partial charge < -0.3 is 15.0 Å². The van der Waals surface area contributed by atoms with Gasteiger partial charge in [-0.05, 0) is 50.5 Å². The summed E-state index contributed by atoms with van der Waals surface area (Å²) >= 11 is 0. The Bertz CT molecular complexity index is 826. The number of para-hydroxylation sites is 2. The predicted octanol–water partition coefficient (Wildman–Crippen LogP) is 4.42. The van der Waals surface area contributed by atoms with Crippen molar-refractivity contribution in [2.45, 2.75) is 45.6 Å². The van der Waals surface area contributed by atoms with Crippen LogP contribution in [0.4, 0.5) is 5.69 Å². The number of nitrogens with one attached hydrogen (secondary N) is 1. The highest BCUT2D eigenvalue weighted by atomic mass is 16.5. The number of hydrogen-bond donors (Lipinski definition) is 1. The number of hydrogen-bond acceptors (Lipinski definition) is 3. The molecule has 1 aliphatic rings. The van der Waals surface area contributed by atoms with E-state index in [9.17, 15) is 9.59 Å². The van der Waals surface area contributed by atoms with E-state index in [2.05, 4.69) is 5.32 Å². The number of amides is 2. The van der Waals surface area contributed by atoms with Crippen molar-refractivity contribution in [3.8, 4) is 5.75 Å². The van der Waals surface area contributed by atoms with Gasteiger partial charge in [0.25, 0.3) is 11.8 Å².